The molecule has 2 aliphatic carbocycles. The number of hydrogen-bond donors (Lipinski definition) is 1. The van der Waals surface area contributed by atoms with E-state index in [2.05, 4.69) is 17.3 Å². The fourth-order valence-corrected chi connectivity index (χ4v) is 4.33. The van der Waals surface area contributed by atoms with E-state index in [1.807, 2.05) is 0 Å². The molecule has 1 amide bonds. The summed E-state index contributed by atoms with van der Waals surface area (Å²) in [5.74, 6) is 2.53. The van der Waals surface area contributed by atoms with Gasteiger partial charge in [-0.1, -0.05) is 0 Å². The van der Waals surface area contributed by atoms with Crippen molar-refractivity contribution in [1.29, 1.82) is 0 Å². The van der Waals surface area contributed by atoms with Crippen molar-refractivity contribution in [2.24, 2.45) is 17.8 Å². The molecular weight excluding hydrogens is 224 g/mol. The molecule has 0 aromatic rings. The molecule has 18 heavy (non-hydrogen) atoms. The standard InChI is InChI=1S/C15H24N2O/c1-17(12-6-10-4-5-11(7-12)16-10)15(18)14-8-13(14)9-2-3-9/h9-14,16H,2-8H2,1H3/t10-,11+,12?,13-,14+/m0/s1. The van der Waals surface area contributed by atoms with Crippen LogP contribution in [0.15, 0.2) is 0 Å². The normalized spacial score (nSPS) is 45.9. The number of carbonyl (C=O) groups excluding carboxylic acids is 1. The number of hydrogen-bond acceptors (Lipinski definition) is 2. The summed E-state index contributed by atoms with van der Waals surface area (Å²) >= 11 is 0. The van der Waals surface area contributed by atoms with Crippen LogP contribution in [-0.2, 0) is 4.79 Å². The molecule has 2 bridgehead atoms. The highest BCUT2D eigenvalue weighted by Gasteiger charge is 2.52. The first-order valence-corrected chi connectivity index (χ1v) is 7.75. The topological polar surface area (TPSA) is 32.3 Å². The Hall–Kier alpha value is -0.570. The van der Waals surface area contributed by atoms with Crippen LogP contribution in [-0.4, -0.2) is 36.0 Å². The highest BCUT2D eigenvalue weighted by molar-refractivity contribution is 5.82. The Morgan fingerprint density at radius 3 is 2.33 bits per heavy atom. The van der Waals surface area contributed by atoms with Gasteiger partial charge >= 0.3 is 0 Å². The van der Waals surface area contributed by atoms with Crippen LogP contribution < -0.4 is 5.32 Å². The van der Waals surface area contributed by atoms with Crippen LogP contribution in [0.5, 0.6) is 0 Å². The first-order valence-electron chi connectivity index (χ1n) is 7.75. The summed E-state index contributed by atoms with van der Waals surface area (Å²) in [7, 11) is 2.06. The summed E-state index contributed by atoms with van der Waals surface area (Å²) in [5.41, 5.74) is 0. The lowest BCUT2D eigenvalue weighted by atomic mass is 9.98. The lowest BCUT2D eigenvalue weighted by molar-refractivity contribution is -0.134. The molecule has 4 rings (SSSR count). The fraction of sp³-hybridized carbons (Fsp3) is 0.933. The molecule has 1 unspecified atom stereocenters. The zero-order valence-electron chi connectivity index (χ0n) is 11.3. The van der Waals surface area contributed by atoms with Gasteiger partial charge in [0.25, 0.3) is 0 Å². The summed E-state index contributed by atoms with van der Waals surface area (Å²) in [6.07, 6.45) is 8.95. The van der Waals surface area contributed by atoms with Gasteiger partial charge < -0.3 is 10.2 Å². The first-order chi connectivity index (χ1) is 8.72. The van der Waals surface area contributed by atoms with Gasteiger partial charge in [0.15, 0.2) is 0 Å². The predicted octanol–water partition coefficient (Wildman–Crippen LogP) is 1.77. The maximum absolute atomic E-state index is 12.5. The van der Waals surface area contributed by atoms with Gasteiger partial charge in [-0.25, -0.2) is 0 Å². The van der Waals surface area contributed by atoms with Gasteiger partial charge in [0.1, 0.15) is 0 Å². The average Bonchev–Trinajstić information content (AvgIpc) is 3.25. The van der Waals surface area contributed by atoms with E-state index in [9.17, 15) is 4.79 Å². The molecule has 3 heteroatoms. The lowest BCUT2D eigenvalue weighted by Crippen LogP contribution is -2.49. The van der Waals surface area contributed by atoms with Gasteiger partial charge in [0, 0.05) is 31.1 Å². The number of carbonyl (C=O) groups is 1. The molecule has 4 fully saturated rings. The first kappa shape index (κ1) is 11.3. The molecule has 1 N–H and O–H groups in total. The van der Waals surface area contributed by atoms with Gasteiger partial charge in [0.05, 0.1) is 0 Å². The van der Waals surface area contributed by atoms with Crippen LogP contribution in [0.4, 0.5) is 0 Å². The molecule has 100 valence electrons. The molecule has 2 saturated heterocycles. The van der Waals surface area contributed by atoms with Crippen molar-refractivity contribution in [3.8, 4) is 0 Å². The Bertz CT molecular complexity index is 354. The SMILES string of the molecule is CN(C(=O)[C@@H]1C[C@H]1C1CC1)C1C[C@H]2CC[C@@H](C1)N2. The van der Waals surface area contributed by atoms with Crippen molar-refractivity contribution in [3.05, 3.63) is 0 Å². The van der Waals surface area contributed by atoms with E-state index in [0.717, 1.165) is 11.8 Å². The number of nitrogens with one attached hydrogen (secondary N) is 1. The third-order valence-corrected chi connectivity index (χ3v) is 5.73. The number of fused-ring (bicyclic) bond motifs is 2. The lowest BCUT2D eigenvalue weighted by Gasteiger charge is -2.35. The van der Waals surface area contributed by atoms with Crippen LogP contribution in [0.2, 0.25) is 0 Å². The molecule has 0 spiro atoms. The molecular formula is C15H24N2O. The molecule has 0 aromatic carbocycles. The minimum atomic E-state index is 0.398. The maximum Gasteiger partial charge on any atom is 0.225 e. The number of rotatable bonds is 3. The molecule has 2 aliphatic heterocycles. The summed E-state index contributed by atoms with van der Waals surface area (Å²) in [4.78, 5) is 14.6. The third kappa shape index (κ3) is 1.87. The molecule has 3 nitrogen and oxygen atoms in total. The van der Waals surface area contributed by atoms with Crippen LogP contribution in [0.25, 0.3) is 0 Å². The van der Waals surface area contributed by atoms with Crippen molar-refractivity contribution in [3.63, 3.8) is 0 Å². The second-order valence-electron chi connectivity index (χ2n) is 7.06. The van der Waals surface area contributed by atoms with Crippen molar-refractivity contribution in [2.45, 2.75) is 63.1 Å². The van der Waals surface area contributed by atoms with E-state index in [1.165, 1.54) is 44.9 Å². The number of amides is 1. The minimum absolute atomic E-state index is 0.398. The molecule has 4 aliphatic rings. The summed E-state index contributed by atoms with van der Waals surface area (Å²) in [5, 5.41) is 3.66. The van der Waals surface area contributed by atoms with E-state index in [-0.39, 0.29) is 0 Å². The van der Waals surface area contributed by atoms with E-state index >= 15 is 0 Å². The molecule has 0 radical (unpaired) electrons. The average molecular weight is 248 g/mol. The Balaban J connectivity index is 1.37. The predicted molar refractivity (Wildman–Crippen MR) is 70.1 cm³/mol. The second-order valence-corrected chi connectivity index (χ2v) is 7.06. The van der Waals surface area contributed by atoms with Crippen LogP contribution >= 0.6 is 0 Å². The maximum atomic E-state index is 12.5. The zero-order valence-corrected chi connectivity index (χ0v) is 11.3. The fourth-order valence-electron chi connectivity index (χ4n) is 4.33. The van der Waals surface area contributed by atoms with Gasteiger partial charge in [-0.3, -0.25) is 4.79 Å². The zero-order chi connectivity index (χ0) is 12.3. The second kappa shape index (κ2) is 3.96. The number of piperidine rings is 1. The molecule has 5 atom stereocenters. The van der Waals surface area contributed by atoms with E-state index in [4.69, 9.17) is 0 Å². The van der Waals surface area contributed by atoms with Crippen molar-refractivity contribution < 1.29 is 4.79 Å². The van der Waals surface area contributed by atoms with E-state index in [0.29, 0.717) is 30.0 Å². The van der Waals surface area contributed by atoms with Crippen molar-refractivity contribution in [1.82, 2.24) is 10.2 Å². The van der Waals surface area contributed by atoms with E-state index in [1.54, 1.807) is 0 Å². The molecule has 2 heterocycles. The Kier molecular flexibility index (Phi) is 2.48. The Morgan fingerprint density at radius 2 is 1.72 bits per heavy atom. The van der Waals surface area contributed by atoms with Crippen molar-refractivity contribution >= 4 is 5.91 Å². The molecule has 0 aromatic heterocycles. The van der Waals surface area contributed by atoms with Gasteiger partial charge in [0.2, 0.25) is 5.91 Å². The van der Waals surface area contributed by atoms with E-state index < -0.39 is 0 Å². The smallest absolute Gasteiger partial charge is 0.225 e. The summed E-state index contributed by atoms with van der Waals surface area (Å²) < 4.78 is 0. The van der Waals surface area contributed by atoms with Gasteiger partial charge in [-0.2, -0.15) is 0 Å². The van der Waals surface area contributed by atoms with Gasteiger partial charge in [-0.05, 0) is 56.8 Å². The minimum Gasteiger partial charge on any atom is -0.342 e. The Morgan fingerprint density at radius 1 is 1.06 bits per heavy atom. The van der Waals surface area contributed by atoms with Crippen LogP contribution in [0.1, 0.15) is 44.9 Å². The quantitative estimate of drug-likeness (QED) is 0.825. The van der Waals surface area contributed by atoms with Crippen LogP contribution in [0.3, 0.4) is 0 Å². The van der Waals surface area contributed by atoms with Gasteiger partial charge in [-0.15, -0.1) is 0 Å². The highest BCUT2D eigenvalue weighted by Crippen LogP contribution is 2.55. The number of nitrogens with zero attached hydrogens (tertiary/aromatic N) is 1. The Labute approximate surface area is 109 Å². The van der Waals surface area contributed by atoms with Crippen molar-refractivity contribution in [2.75, 3.05) is 7.05 Å². The third-order valence-electron chi connectivity index (χ3n) is 5.73. The summed E-state index contributed by atoms with van der Waals surface area (Å²) in [6, 6.07) is 1.88. The molecule has 2 saturated carbocycles. The monoisotopic (exact) mass is 248 g/mol. The largest absolute Gasteiger partial charge is 0.342 e. The highest BCUT2D eigenvalue weighted by atomic mass is 16.2. The van der Waals surface area contributed by atoms with Crippen LogP contribution in [0, 0.1) is 17.8 Å². The summed E-state index contributed by atoms with van der Waals surface area (Å²) in [6.45, 7) is 0.